The molecule has 1 saturated carbocycles. The molecule has 18 heavy (non-hydrogen) atoms. The number of rotatable bonds is 4. The highest BCUT2D eigenvalue weighted by atomic mass is 16.2. The number of nitrogens with one attached hydrogen (secondary N) is 1. The SMILES string of the molecule is CC(=O)C1CCCN(CC(=O)NC2CCCC2)C1. The van der Waals surface area contributed by atoms with Gasteiger partial charge in [-0.05, 0) is 39.2 Å². The number of ketones is 1. The van der Waals surface area contributed by atoms with Crippen LogP contribution in [0, 0.1) is 5.92 Å². The predicted octanol–water partition coefficient (Wildman–Crippen LogP) is 1.35. The first-order chi connectivity index (χ1) is 8.65. The van der Waals surface area contributed by atoms with Gasteiger partial charge in [0, 0.05) is 18.5 Å². The van der Waals surface area contributed by atoms with Crippen LogP contribution in [0.15, 0.2) is 0 Å². The zero-order valence-electron chi connectivity index (χ0n) is 11.3. The second-order valence-electron chi connectivity index (χ2n) is 5.73. The molecule has 1 aliphatic carbocycles. The van der Waals surface area contributed by atoms with Crippen molar-refractivity contribution in [3.8, 4) is 0 Å². The maximum atomic E-state index is 11.9. The molecular weight excluding hydrogens is 228 g/mol. The van der Waals surface area contributed by atoms with E-state index in [4.69, 9.17) is 0 Å². The summed E-state index contributed by atoms with van der Waals surface area (Å²) in [5.41, 5.74) is 0. The lowest BCUT2D eigenvalue weighted by Gasteiger charge is -2.31. The largest absolute Gasteiger partial charge is 0.352 e. The number of carbonyl (C=O) groups excluding carboxylic acids is 2. The molecule has 0 radical (unpaired) electrons. The molecule has 102 valence electrons. The quantitative estimate of drug-likeness (QED) is 0.821. The number of hydrogen-bond acceptors (Lipinski definition) is 3. The second kappa shape index (κ2) is 6.32. The Bertz CT molecular complexity index is 311. The van der Waals surface area contributed by atoms with Crippen molar-refractivity contribution in [2.24, 2.45) is 5.92 Å². The summed E-state index contributed by atoms with van der Waals surface area (Å²) in [6.45, 7) is 3.82. The first-order valence-electron chi connectivity index (χ1n) is 7.17. The molecule has 1 atom stereocenters. The van der Waals surface area contributed by atoms with Gasteiger partial charge in [0.1, 0.15) is 5.78 Å². The average Bonchev–Trinajstić information content (AvgIpc) is 2.82. The summed E-state index contributed by atoms with van der Waals surface area (Å²) in [5.74, 6) is 0.528. The van der Waals surface area contributed by atoms with Crippen LogP contribution in [0.5, 0.6) is 0 Å². The molecule has 4 nitrogen and oxygen atoms in total. The van der Waals surface area contributed by atoms with Gasteiger partial charge >= 0.3 is 0 Å². The van der Waals surface area contributed by atoms with E-state index in [1.165, 1.54) is 12.8 Å². The highest BCUT2D eigenvalue weighted by molar-refractivity contribution is 5.80. The van der Waals surface area contributed by atoms with E-state index >= 15 is 0 Å². The molecule has 1 heterocycles. The topological polar surface area (TPSA) is 49.4 Å². The Hall–Kier alpha value is -0.900. The van der Waals surface area contributed by atoms with Gasteiger partial charge in [-0.15, -0.1) is 0 Å². The lowest BCUT2D eigenvalue weighted by Crippen LogP contribution is -2.45. The molecule has 2 aliphatic rings. The molecular formula is C14H24N2O2. The van der Waals surface area contributed by atoms with Crippen LogP contribution in [0.1, 0.15) is 45.4 Å². The van der Waals surface area contributed by atoms with Crippen molar-refractivity contribution in [1.82, 2.24) is 10.2 Å². The molecule has 0 aromatic carbocycles. The molecule has 1 unspecified atom stereocenters. The van der Waals surface area contributed by atoms with E-state index in [1.54, 1.807) is 6.92 Å². The Balaban J connectivity index is 1.74. The number of piperidine rings is 1. The zero-order valence-corrected chi connectivity index (χ0v) is 11.3. The smallest absolute Gasteiger partial charge is 0.234 e. The van der Waals surface area contributed by atoms with E-state index in [1.807, 2.05) is 0 Å². The number of likely N-dealkylation sites (tertiary alicyclic amines) is 1. The number of nitrogens with zero attached hydrogens (tertiary/aromatic N) is 1. The third-order valence-electron chi connectivity index (χ3n) is 4.17. The Morgan fingerprint density at radius 1 is 1.17 bits per heavy atom. The minimum atomic E-state index is 0.131. The van der Waals surface area contributed by atoms with Crippen molar-refractivity contribution >= 4 is 11.7 Å². The van der Waals surface area contributed by atoms with Crippen molar-refractivity contribution < 1.29 is 9.59 Å². The van der Waals surface area contributed by atoms with Gasteiger partial charge in [0.25, 0.3) is 0 Å². The van der Waals surface area contributed by atoms with Gasteiger partial charge < -0.3 is 5.32 Å². The number of carbonyl (C=O) groups is 2. The highest BCUT2D eigenvalue weighted by Gasteiger charge is 2.25. The molecule has 0 aromatic heterocycles. The fraction of sp³-hybridized carbons (Fsp3) is 0.857. The first kappa shape index (κ1) is 13.5. The van der Waals surface area contributed by atoms with Crippen LogP contribution in [0.4, 0.5) is 0 Å². The van der Waals surface area contributed by atoms with Crippen molar-refractivity contribution in [2.75, 3.05) is 19.6 Å². The van der Waals surface area contributed by atoms with Gasteiger partial charge in [-0.2, -0.15) is 0 Å². The fourth-order valence-electron chi connectivity index (χ4n) is 3.08. The van der Waals surface area contributed by atoms with E-state index in [-0.39, 0.29) is 17.6 Å². The second-order valence-corrected chi connectivity index (χ2v) is 5.73. The van der Waals surface area contributed by atoms with Gasteiger partial charge in [-0.1, -0.05) is 12.8 Å². The molecule has 1 amide bonds. The predicted molar refractivity (Wildman–Crippen MR) is 70.2 cm³/mol. The lowest BCUT2D eigenvalue weighted by molar-refractivity contribution is -0.126. The first-order valence-corrected chi connectivity index (χ1v) is 7.17. The third kappa shape index (κ3) is 3.80. The van der Waals surface area contributed by atoms with E-state index in [0.717, 1.165) is 38.8 Å². The van der Waals surface area contributed by atoms with Crippen LogP contribution in [0.25, 0.3) is 0 Å². The lowest BCUT2D eigenvalue weighted by atomic mass is 9.94. The number of amides is 1. The van der Waals surface area contributed by atoms with Crippen LogP contribution in [-0.2, 0) is 9.59 Å². The van der Waals surface area contributed by atoms with E-state index in [9.17, 15) is 9.59 Å². The molecule has 1 N–H and O–H groups in total. The minimum Gasteiger partial charge on any atom is -0.352 e. The summed E-state index contributed by atoms with van der Waals surface area (Å²) >= 11 is 0. The molecule has 0 aromatic rings. The molecule has 2 fully saturated rings. The Kier molecular flexibility index (Phi) is 4.75. The van der Waals surface area contributed by atoms with Crippen molar-refractivity contribution in [2.45, 2.75) is 51.5 Å². The van der Waals surface area contributed by atoms with Crippen LogP contribution in [0.3, 0.4) is 0 Å². The fourth-order valence-corrected chi connectivity index (χ4v) is 3.08. The summed E-state index contributed by atoms with van der Waals surface area (Å²) < 4.78 is 0. The van der Waals surface area contributed by atoms with Crippen LogP contribution < -0.4 is 5.32 Å². The normalized spacial score (nSPS) is 26.2. The molecule has 0 bridgehead atoms. The van der Waals surface area contributed by atoms with Crippen molar-refractivity contribution in [1.29, 1.82) is 0 Å². The maximum absolute atomic E-state index is 11.9. The third-order valence-corrected chi connectivity index (χ3v) is 4.17. The van der Waals surface area contributed by atoms with Gasteiger partial charge in [0.15, 0.2) is 0 Å². The molecule has 1 saturated heterocycles. The summed E-state index contributed by atoms with van der Waals surface area (Å²) in [5, 5.41) is 3.10. The standard InChI is InChI=1S/C14H24N2O2/c1-11(17)12-5-4-8-16(9-12)10-14(18)15-13-6-2-3-7-13/h12-13H,2-10H2,1H3,(H,15,18). The molecule has 4 heteroatoms. The highest BCUT2D eigenvalue weighted by Crippen LogP contribution is 2.19. The minimum absolute atomic E-state index is 0.131. The van der Waals surface area contributed by atoms with Gasteiger partial charge in [0.05, 0.1) is 6.54 Å². The van der Waals surface area contributed by atoms with Crippen molar-refractivity contribution in [3.63, 3.8) is 0 Å². The summed E-state index contributed by atoms with van der Waals surface area (Å²) in [6, 6.07) is 0.394. The van der Waals surface area contributed by atoms with E-state index in [0.29, 0.717) is 12.6 Å². The molecule has 0 spiro atoms. The van der Waals surface area contributed by atoms with Crippen molar-refractivity contribution in [3.05, 3.63) is 0 Å². The van der Waals surface area contributed by atoms with Gasteiger partial charge in [-0.3, -0.25) is 14.5 Å². The Labute approximate surface area is 109 Å². The Morgan fingerprint density at radius 3 is 2.56 bits per heavy atom. The van der Waals surface area contributed by atoms with Crippen LogP contribution in [0.2, 0.25) is 0 Å². The zero-order chi connectivity index (χ0) is 13.0. The van der Waals surface area contributed by atoms with Gasteiger partial charge in [-0.25, -0.2) is 0 Å². The number of Topliss-reactive ketones (excluding diaryl/α,β-unsaturated/α-hetero) is 1. The van der Waals surface area contributed by atoms with E-state index < -0.39 is 0 Å². The monoisotopic (exact) mass is 252 g/mol. The van der Waals surface area contributed by atoms with Crippen LogP contribution >= 0.6 is 0 Å². The maximum Gasteiger partial charge on any atom is 0.234 e. The molecule has 2 rings (SSSR count). The van der Waals surface area contributed by atoms with Gasteiger partial charge in [0.2, 0.25) is 5.91 Å². The molecule has 1 aliphatic heterocycles. The van der Waals surface area contributed by atoms with E-state index in [2.05, 4.69) is 10.2 Å². The number of hydrogen-bond donors (Lipinski definition) is 1. The average molecular weight is 252 g/mol. The van der Waals surface area contributed by atoms with Crippen LogP contribution in [-0.4, -0.2) is 42.3 Å². The summed E-state index contributed by atoms with van der Waals surface area (Å²) in [4.78, 5) is 25.4. The summed E-state index contributed by atoms with van der Waals surface area (Å²) in [6.07, 6.45) is 6.74. The Morgan fingerprint density at radius 2 is 1.89 bits per heavy atom. The summed E-state index contributed by atoms with van der Waals surface area (Å²) in [7, 11) is 0.